The van der Waals surface area contributed by atoms with Crippen LogP contribution >= 0.6 is 0 Å². The molecule has 19 heavy (non-hydrogen) atoms. The number of rotatable bonds is 3. The molecule has 1 aliphatic carbocycles. The van der Waals surface area contributed by atoms with Crippen LogP contribution in [0.25, 0.3) is 0 Å². The van der Waals surface area contributed by atoms with E-state index in [1.165, 1.54) is 26.4 Å². The van der Waals surface area contributed by atoms with Crippen molar-refractivity contribution in [1.82, 2.24) is 4.90 Å². The Morgan fingerprint density at radius 1 is 1.32 bits per heavy atom. The number of methoxy groups -OCH3 is 1. The second-order valence-corrected chi connectivity index (χ2v) is 6.12. The first kappa shape index (κ1) is 14.4. The second-order valence-electron chi connectivity index (χ2n) is 6.12. The van der Waals surface area contributed by atoms with Gasteiger partial charge >= 0.3 is 5.97 Å². The Morgan fingerprint density at radius 2 is 2.00 bits per heavy atom. The van der Waals surface area contributed by atoms with E-state index in [0.717, 1.165) is 12.8 Å². The number of nitrogens with zero attached hydrogens (tertiary/aromatic N) is 1. The standard InChI is InChI=1S/C15H25NO3/c1-10(8-14(17)19-3)15(18)16-11(2)9-12-6-4-5-7-13(12)16/h10-13H,4-9H2,1-3H3/t10-,11+,12-,13+/m0/s1. The topological polar surface area (TPSA) is 46.6 Å². The summed E-state index contributed by atoms with van der Waals surface area (Å²) in [5.74, 6) is 0.244. The smallest absolute Gasteiger partial charge is 0.306 e. The number of hydrogen-bond donors (Lipinski definition) is 0. The largest absolute Gasteiger partial charge is 0.469 e. The summed E-state index contributed by atoms with van der Waals surface area (Å²) in [5.41, 5.74) is 0. The number of fused-ring (bicyclic) bond motifs is 1. The number of amides is 1. The monoisotopic (exact) mass is 267 g/mol. The molecule has 1 amide bonds. The Morgan fingerprint density at radius 3 is 2.68 bits per heavy atom. The summed E-state index contributed by atoms with van der Waals surface area (Å²) in [6.45, 7) is 3.98. The molecule has 0 aromatic carbocycles. The summed E-state index contributed by atoms with van der Waals surface area (Å²) < 4.78 is 4.66. The van der Waals surface area contributed by atoms with Crippen LogP contribution in [0.5, 0.6) is 0 Å². The lowest BCUT2D eigenvalue weighted by molar-refractivity contribution is -0.147. The van der Waals surface area contributed by atoms with E-state index in [9.17, 15) is 9.59 Å². The number of carbonyl (C=O) groups excluding carboxylic acids is 2. The van der Waals surface area contributed by atoms with E-state index < -0.39 is 0 Å². The highest BCUT2D eigenvalue weighted by Gasteiger charge is 2.43. The summed E-state index contributed by atoms with van der Waals surface area (Å²) >= 11 is 0. The van der Waals surface area contributed by atoms with Crippen LogP contribution in [-0.4, -0.2) is 36.0 Å². The van der Waals surface area contributed by atoms with Gasteiger partial charge in [-0.3, -0.25) is 9.59 Å². The fraction of sp³-hybridized carbons (Fsp3) is 0.867. The van der Waals surface area contributed by atoms with Crippen molar-refractivity contribution in [2.24, 2.45) is 11.8 Å². The van der Waals surface area contributed by atoms with Crippen LogP contribution in [0.1, 0.15) is 52.4 Å². The van der Waals surface area contributed by atoms with E-state index in [1.807, 2.05) is 6.92 Å². The van der Waals surface area contributed by atoms with E-state index in [0.29, 0.717) is 18.0 Å². The molecule has 1 saturated carbocycles. The Balaban J connectivity index is 2.02. The zero-order chi connectivity index (χ0) is 14.0. The van der Waals surface area contributed by atoms with Gasteiger partial charge < -0.3 is 9.64 Å². The normalized spacial score (nSPS) is 31.7. The zero-order valence-corrected chi connectivity index (χ0v) is 12.2. The van der Waals surface area contributed by atoms with Crippen LogP contribution in [-0.2, 0) is 14.3 Å². The van der Waals surface area contributed by atoms with Crippen molar-refractivity contribution < 1.29 is 14.3 Å². The molecule has 2 fully saturated rings. The quantitative estimate of drug-likeness (QED) is 0.737. The molecule has 0 N–H and O–H groups in total. The van der Waals surface area contributed by atoms with Crippen molar-refractivity contribution >= 4 is 11.9 Å². The molecule has 4 nitrogen and oxygen atoms in total. The van der Waals surface area contributed by atoms with Gasteiger partial charge in [-0.2, -0.15) is 0 Å². The number of likely N-dealkylation sites (tertiary alicyclic amines) is 1. The molecule has 0 spiro atoms. The molecule has 0 aromatic rings. The molecule has 1 saturated heterocycles. The number of carbonyl (C=O) groups is 2. The third-order valence-electron chi connectivity index (χ3n) is 4.72. The highest BCUT2D eigenvalue weighted by Crippen LogP contribution is 2.40. The fourth-order valence-corrected chi connectivity index (χ4v) is 3.76. The van der Waals surface area contributed by atoms with E-state index in [1.54, 1.807) is 0 Å². The molecule has 108 valence electrons. The minimum atomic E-state index is -0.298. The van der Waals surface area contributed by atoms with Gasteiger partial charge in [-0.15, -0.1) is 0 Å². The van der Waals surface area contributed by atoms with Gasteiger partial charge in [0, 0.05) is 18.0 Å². The highest BCUT2D eigenvalue weighted by molar-refractivity contribution is 5.84. The first-order valence-corrected chi connectivity index (χ1v) is 7.43. The van der Waals surface area contributed by atoms with Crippen LogP contribution in [0.3, 0.4) is 0 Å². The van der Waals surface area contributed by atoms with Gasteiger partial charge in [0.2, 0.25) is 5.91 Å². The maximum absolute atomic E-state index is 12.6. The number of hydrogen-bond acceptors (Lipinski definition) is 3. The van der Waals surface area contributed by atoms with E-state index in [4.69, 9.17) is 0 Å². The third kappa shape index (κ3) is 2.93. The third-order valence-corrected chi connectivity index (χ3v) is 4.72. The molecule has 2 aliphatic rings. The van der Waals surface area contributed by atoms with E-state index in [-0.39, 0.29) is 24.2 Å². The van der Waals surface area contributed by atoms with Gasteiger partial charge in [-0.1, -0.05) is 19.8 Å². The van der Waals surface area contributed by atoms with Crippen molar-refractivity contribution in [3.05, 3.63) is 0 Å². The van der Waals surface area contributed by atoms with Crippen molar-refractivity contribution in [3.63, 3.8) is 0 Å². The Kier molecular flexibility index (Phi) is 4.48. The first-order valence-electron chi connectivity index (χ1n) is 7.43. The lowest BCUT2D eigenvalue weighted by Crippen LogP contribution is -2.45. The summed E-state index contributed by atoms with van der Waals surface area (Å²) in [7, 11) is 1.37. The van der Waals surface area contributed by atoms with Gasteiger partial charge in [0.05, 0.1) is 13.5 Å². The number of ether oxygens (including phenoxy) is 1. The molecular weight excluding hydrogens is 242 g/mol. The summed E-state index contributed by atoms with van der Waals surface area (Å²) in [5, 5.41) is 0. The van der Waals surface area contributed by atoms with Crippen LogP contribution in [0.2, 0.25) is 0 Å². The van der Waals surface area contributed by atoms with Gasteiger partial charge in [-0.05, 0) is 32.1 Å². The van der Waals surface area contributed by atoms with Crippen molar-refractivity contribution in [2.75, 3.05) is 7.11 Å². The van der Waals surface area contributed by atoms with Gasteiger partial charge in [-0.25, -0.2) is 0 Å². The molecule has 0 radical (unpaired) electrons. The average molecular weight is 267 g/mol. The minimum Gasteiger partial charge on any atom is -0.469 e. The molecule has 4 heteroatoms. The number of esters is 1. The predicted molar refractivity (Wildman–Crippen MR) is 72.5 cm³/mol. The molecule has 1 heterocycles. The summed E-state index contributed by atoms with van der Waals surface area (Å²) in [6, 6.07) is 0.733. The minimum absolute atomic E-state index is 0.132. The van der Waals surface area contributed by atoms with Crippen LogP contribution in [0.4, 0.5) is 0 Å². The Bertz CT molecular complexity index is 355. The lowest BCUT2D eigenvalue weighted by atomic mass is 9.84. The second kappa shape index (κ2) is 5.93. The lowest BCUT2D eigenvalue weighted by Gasteiger charge is -2.34. The van der Waals surface area contributed by atoms with Gasteiger partial charge in [0.1, 0.15) is 0 Å². The molecule has 0 aromatic heterocycles. The first-order chi connectivity index (χ1) is 9.04. The average Bonchev–Trinajstić information content (AvgIpc) is 2.73. The predicted octanol–water partition coefficient (Wildman–Crippen LogP) is 2.37. The van der Waals surface area contributed by atoms with Crippen molar-refractivity contribution in [1.29, 1.82) is 0 Å². The maximum atomic E-state index is 12.6. The zero-order valence-electron chi connectivity index (χ0n) is 12.2. The molecule has 0 unspecified atom stereocenters. The van der Waals surface area contributed by atoms with Crippen molar-refractivity contribution in [3.8, 4) is 0 Å². The Labute approximate surface area is 115 Å². The molecule has 4 atom stereocenters. The van der Waals surface area contributed by atoms with Crippen LogP contribution < -0.4 is 0 Å². The molecular formula is C15H25NO3. The van der Waals surface area contributed by atoms with E-state index in [2.05, 4.69) is 16.6 Å². The SMILES string of the molecule is COC(=O)C[C@H](C)C(=O)N1[C@H](C)C[C@@H]2CCCC[C@H]21. The van der Waals surface area contributed by atoms with Gasteiger partial charge in [0.15, 0.2) is 0 Å². The Hall–Kier alpha value is -1.06. The molecule has 2 rings (SSSR count). The van der Waals surface area contributed by atoms with Crippen molar-refractivity contribution in [2.45, 2.75) is 64.5 Å². The van der Waals surface area contributed by atoms with Gasteiger partial charge in [0.25, 0.3) is 0 Å². The van der Waals surface area contributed by atoms with E-state index >= 15 is 0 Å². The van der Waals surface area contributed by atoms with Crippen LogP contribution in [0, 0.1) is 11.8 Å². The highest BCUT2D eigenvalue weighted by atomic mass is 16.5. The summed E-state index contributed by atoms with van der Waals surface area (Å²) in [6.07, 6.45) is 6.23. The summed E-state index contributed by atoms with van der Waals surface area (Å²) in [4.78, 5) is 26.0. The molecule has 0 bridgehead atoms. The maximum Gasteiger partial charge on any atom is 0.306 e. The molecule has 1 aliphatic heterocycles. The fourth-order valence-electron chi connectivity index (χ4n) is 3.76. The van der Waals surface area contributed by atoms with Crippen LogP contribution in [0.15, 0.2) is 0 Å².